The Labute approximate surface area is 152 Å². The van der Waals surface area contributed by atoms with E-state index in [1.807, 2.05) is 6.07 Å². The third-order valence-corrected chi connectivity index (χ3v) is 4.52. The van der Waals surface area contributed by atoms with Gasteiger partial charge in [0.25, 0.3) is 5.91 Å². The van der Waals surface area contributed by atoms with E-state index in [-0.39, 0.29) is 30.4 Å². The lowest BCUT2D eigenvalue weighted by Gasteiger charge is -2.31. The van der Waals surface area contributed by atoms with Crippen LogP contribution in [0.15, 0.2) is 18.3 Å². The molecule has 0 spiro atoms. The number of nitrogens with zero attached hydrogens (tertiary/aromatic N) is 2. The van der Waals surface area contributed by atoms with Crippen molar-refractivity contribution in [2.45, 2.75) is 31.7 Å². The molecule has 0 saturated carbocycles. The second-order valence-corrected chi connectivity index (χ2v) is 6.29. The summed E-state index contributed by atoms with van der Waals surface area (Å²) in [6, 6.07) is 2.68. The van der Waals surface area contributed by atoms with Crippen LogP contribution in [0.5, 0.6) is 0 Å². The highest BCUT2D eigenvalue weighted by Gasteiger charge is 2.20. The fraction of sp³-hybridized carbons (Fsp3) is 0.500. The lowest BCUT2D eigenvalue weighted by atomic mass is 9.98. The minimum absolute atomic E-state index is 0.124. The minimum Gasteiger partial charge on any atom is -0.370 e. The summed E-state index contributed by atoms with van der Waals surface area (Å²) < 4.78 is 0. The Morgan fingerprint density at radius 2 is 2.04 bits per heavy atom. The average Bonchev–Trinajstić information content (AvgIpc) is 2.70. The average molecular weight is 360 g/mol. The molecule has 1 fully saturated rings. The fourth-order valence-corrected chi connectivity index (χ4v) is 2.83. The van der Waals surface area contributed by atoms with E-state index in [0.717, 1.165) is 37.9 Å². The summed E-state index contributed by atoms with van der Waals surface area (Å²) in [6.45, 7) is 1.56. The Kier molecular flexibility index (Phi) is 7.25. The Balaban J connectivity index is 1.90. The molecule has 0 radical (unpaired) electrons. The summed E-state index contributed by atoms with van der Waals surface area (Å²) in [5.41, 5.74) is 1.11. The third-order valence-electron chi connectivity index (χ3n) is 4.52. The van der Waals surface area contributed by atoms with Crippen molar-refractivity contribution in [3.63, 3.8) is 0 Å². The van der Waals surface area contributed by atoms with Gasteiger partial charge in [0.1, 0.15) is 18.3 Å². The Morgan fingerprint density at radius 3 is 2.58 bits per heavy atom. The molecule has 1 aromatic heterocycles. The molecule has 1 aliphatic heterocycles. The smallest absolute Gasteiger partial charge is 0.270 e. The van der Waals surface area contributed by atoms with E-state index in [1.54, 1.807) is 12.3 Å². The van der Waals surface area contributed by atoms with Crippen LogP contribution in [-0.2, 0) is 14.4 Å². The number of rotatable bonds is 8. The number of amides is 2. The number of aromatic nitrogens is 1. The van der Waals surface area contributed by atoms with Crippen molar-refractivity contribution in [1.82, 2.24) is 15.6 Å². The van der Waals surface area contributed by atoms with Gasteiger partial charge in [-0.25, -0.2) is 4.98 Å². The topological polar surface area (TPSA) is 108 Å². The van der Waals surface area contributed by atoms with Gasteiger partial charge >= 0.3 is 0 Å². The zero-order chi connectivity index (χ0) is 18.9. The standard InChI is InChI=1S/C18H24N4O4/c1-19-17(25)5-2-14(12-24)21-18(26)16-4-3-15(10-20-16)22-8-6-13(11-23)7-9-22/h3-4,10-14H,2,5-9H2,1H3,(H,19,25)(H,21,26). The van der Waals surface area contributed by atoms with Gasteiger partial charge in [-0.2, -0.15) is 0 Å². The first-order valence-corrected chi connectivity index (χ1v) is 8.70. The third kappa shape index (κ3) is 5.37. The summed E-state index contributed by atoms with van der Waals surface area (Å²) in [4.78, 5) is 51.7. The molecule has 0 aromatic carbocycles. The van der Waals surface area contributed by atoms with E-state index in [1.165, 1.54) is 7.05 Å². The molecule has 8 nitrogen and oxygen atoms in total. The molecule has 2 amide bonds. The molecule has 8 heteroatoms. The van der Waals surface area contributed by atoms with Gasteiger partial charge in [-0.3, -0.25) is 9.59 Å². The summed E-state index contributed by atoms with van der Waals surface area (Å²) >= 11 is 0. The largest absolute Gasteiger partial charge is 0.370 e. The number of hydrogen-bond donors (Lipinski definition) is 2. The maximum absolute atomic E-state index is 12.2. The van der Waals surface area contributed by atoms with Crippen LogP contribution < -0.4 is 15.5 Å². The molecule has 1 aromatic rings. The molecule has 0 bridgehead atoms. The maximum Gasteiger partial charge on any atom is 0.270 e. The van der Waals surface area contributed by atoms with Crippen LogP contribution in [0.25, 0.3) is 0 Å². The monoisotopic (exact) mass is 360 g/mol. The molecule has 1 aliphatic rings. The Hall–Kier alpha value is -2.77. The number of carbonyl (C=O) groups excluding carboxylic acids is 4. The lowest BCUT2D eigenvalue weighted by molar-refractivity contribution is -0.121. The first kappa shape index (κ1) is 19.6. The highest BCUT2D eigenvalue weighted by atomic mass is 16.2. The quantitative estimate of drug-likeness (QED) is 0.647. The summed E-state index contributed by atoms with van der Waals surface area (Å²) in [5, 5.41) is 5.04. The normalized spacial score (nSPS) is 15.8. The van der Waals surface area contributed by atoms with Crippen LogP contribution in [0.3, 0.4) is 0 Å². The molecule has 1 atom stereocenters. The van der Waals surface area contributed by atoms with Crippen LogP contribution in [0, 0.1) is 5.92 Å². The van der Waals surface area contributed by atoms with Gasteiger partial charge in [-0.1, -0.05) is 0 Å². The highest BCUT2D eigenvalue weighted by Crippen LogP contribution is 2.21. The van der Waals surface area contributed by atoms with Gasteiger partial charge in [0, 0.05) is 32.5 Å². The van der Waals surface area contributed by atoms with Crippen LogP contribution in [0.4, 0.5) is 5.69 Å². The molecular weight excluding hydrogens is 336 g/mol. The van der Waals surface area contributed by atoms with Crippen molar-refractivity contribution >= 4 is 30.1 Å². The molecule has 1 unspecified atom stereocenters. The van der Waals surface area contributed by atoms with Gasteiger partial charge in [0.05, 0.1) is 17.9 Å². The zero-order valence-electron chi connectivity index (χ0n) is 14.8. The number of anilines is 1. The summed E-state index contributed by atoms with van der Waals surface area (Å²) in [7, 11) is 1.52. The van der Waals surface area contributed by atoms with Crippen molar-refractivity contribution in [3.8, 4) is 0 Å². The summed E-state index contributed by atoms with van der Waals surface area (Å²) in [6.07, 6.45) is 5.28. The number of nitrogens with one attached hydrogen (secondary N) is 2. The molecule has 140 valence electrons. The van der Waals surface area contributed by atoms with Crippen molar-refractivity contribution in [1.29, 1.82) is 0 Å². The fourth-order valence-electron chi connectivity index (χ4n) is 2.83. The second kappa shape index (κ2) is 9.65. The maximum atomic E-state index is 12.2. The number of aldehydes is 2. The van der Waals surface area contributed by atoms with Gasteiger partial charge in [-0.15, -0.1) is 0 Å². The first-order chi connectivity index (χ1) is 12.6. The minimum atomic E-state index is -0.733. The first-order valence-electron chi connectivity index (χ1n) is 8.70. The Bertz CT molecular complexity index is 639. The predicted molar refractivity (Wildman–Crippen MR) is 95.9 cm³/mol. The van der Waals surface area contributed by atoms with E-state index in [4.69, 9.17) is 0 Å². The van der Waals surface area contributed by atoms with Gasteiger partial charge in [0.2, 0.25) is 5.91 Å². The molecule has 2 N–H and O–H groups in total. The van der Waals surface area contributed by atoms with E-state index in [9.17, 15) is 19.2 Å². The van der Waals surface area contributed by atoms with Crippen molar-refractivity contribution in [2.75, 3.05) is 25.0 Å². The summed E-state index contributed by atoms with van der Waals surface area (Å²) in [5.74, 6) is -0.517. The molecule has 1 saturated heterocycles. The van der Waals surface area contributed by atoms with Crippen LogP contribution >= 0.6 is 0 Å². The Morgan fingerprint density at radius 1 is 1.31 bits per heavy atom. The number of pyridine rings is 1. The van der Waals surface area contributed by atoms with Crippen LogP contribution in [0.2, 0.25) is 0 Å². The van der Waals surface area contributed by atoms with Crippen molar-refractivity contribution in [2.24, 2.45) is 5.92 Å². The molecule has 2 heterocycles. The number of piperidine rings is 1. The SMILES string of the molecule is CNC(=O)CCC(C=O)NC(=O)c1ccc(N2CCC(C=O)CC2)cn1. The molecule has 0 aliphatic carbocycles. The van der Waals surface area contributed by atoms with E-state index in [2.05, 4.69) is 20.5 Å². The molecule has 2 rings (SSSR count). The van der Waals surface area contributed by atoms with Crippen molar-refractivity contribution in [3.05, 3.63) is 24.0 Å². The van der Waals surface area contributed by atoms with E-state index < -0.39 is 11.9 Å². The van der Waals surface area contributed by atoms with E-state index in [0.29, 0.717) is 6.29 Å². The molecule has 26 heavy (non-hydrogen) atoms. The zero-order valence-corrected chi connectivity index (χ0v) is 14.8. The van der Waals surface area contributed by atoms with Gasteiger partial charge < -0.3 is 25.1 Å². The van der Waals surface area contributed by atoms with E-state index >= 15 is 0 Å². The van der Waals surface area contributed by atoms with Crippen molar-refractivity contribution < 1.29 is 19.2 Å². The van der Waals surface area contributed by atoms with Crippen LogP contribution in [-0.4, -0.2) is 55.5 Å². The lowest BCUT2D eigenvalue weighted by Crippen LogP contribution is -2.37. The highest BCUT2D eigenvalue weighted by molar-refractivity contribution is 5.94. The van der Waals surface area contributed by atoms with Crippen LogP contribution in [0.1, 0.15) is 36.2 Å². The van der Waals surface area contributed by atoms with Gasteiger partial charge in [0.15, 0.2) is 0 Å². The molecular formula is C18H24N4O4. The second-order valence-electron chi connectivity index (χ2n) is 6.29. The predicted octanol–water partition coefficient (Wildman–Crippen LogP) is 0.320. The van der Waals surface area contributed by atoms with Gasteiger partial charge in [-0.05, 0) is 31.4 Å². The number of carbonyl (C=O) groups is 4. The number of hydrogen-bond acceptors (Lipinski definition) is 6.